The summed E-state index contributed by atoms with van der Waals surface area (Å²) in [6.45, 7) is 0. The molecule has 0 radical (unpaired) electrons. The number of benzene rings is 2. The fourth-order valence-corrected chi connectivity index (χ4v) is 4.42. The van der Waals surface area contributed by atoms with Crippen LogP contribution in [0.1, 0.15) is 47.3 Å². The van der Waals surface area contributed by atoms with Crippen LogP contribution < -0.4 is 5.56 Å². The fourth-order valence-electron chi connectivity index (χ4n) is 4.42. The van der Waals surface area contributed by atoms with Crippen molar-refractivity contribution in [2.45, 2.75) is 37.3 Å². The number of halogens is 2. The maximum Gasteiger partial charge on any atom is 0.284 e. The fraction of sp³-hybridized carbons (Fsp3) is 0.304. The highest BCUT2D eigenvalue weighted by Crippen LogP contribution is 2.37. The van der Waals surface area contributed by atoms with Gasteiger partial charge in [-0.25, -0.2) is 8.78 Å². The van der Waals surface area contributed by atoms with E-state index in [1.54, 1.807) is 31.3 Å². The van der Waals surface area contributed by atoms with Crippen molar-refractivity contribution >= 4 is 6.29 Å². The summed E-state index contributed by atoms with van der Waals surface area (Å²) in [6.07, 6.45) is 3.03. The molecule has 30 heavy (non-hydrogen) atoms. The summed E-state index contributed by atoms with van der Waals surface area (Å²) in [4.78, 5) is 26.5. The number of carbonyl (C=O) groups is 1. The molecule has 4 rings (SSSR count). The number of nitrogens with one attached hydrogen (secondary N) is 1. The van der Waals surface area contributed by atoms with E-state index in [1.165, 1.54) is 24.3 Å². The summed E-state index contributed by atoms with van der Waals surface area (Å²) in [5.41, 5.74) is 1.71. The molecule has 0 spiro atoms. The van der Waals surface area contributed by atoms with Crippen LogP contribution in [-0.2, 0) is 11.2 Å². The average molecular weight is 412 g/mol. The number of H-pyrrole nitrogens is 1. The Balaban J connectivity index is 1.77. The second-order valence-electron chi connectivity index (χ2n) is 7.65. The minimum Gasteiger partial charge on any atom is -0.383 e. The first-order valence-corrected chi connectivity index (χ1v) is 9.88. The van der Waals surface area contributed by atoms with Gasteiger partial charge in [0.05, 0.1) is 11.6 Å². The Hall–Kier alpha value is -3.06. The molecule has 0 aliphatic heterocycles. The topological polar surface area (TPSA) is 66.3 Å². The number of likely N-dealkylation sites (N-methyl/N-ethyl adjacent to an activating group) is 1. The van der Waals surface area contributed by atoms with Crippen molar-refractivity contribution in [2.75, 3.05) is 7.05 Å². The summed E-state index contributed by atoms with van der Waals surface area (Å²) in [5, 5.41) is 2.40. The smallest absolute Gasteiger partial charge is 0.284 e. The maximum absolute atomic E-state index is 13.5. The Labute approximate surface area is 172 Å². The molecule has 2 atom stereocenters. The molecule has 3 aromatic rings. The van der Waals surface area contributed by atoms with E-state index in [0.717, 1.165) is 23.8 Å². The van der Waals surface area contributed by atoms with E-state index in [1.807, 2.05) is 4.90 Å². The van der Waals surface area contributed by atoms with Crippen LogP contribution in [0, 0.1) is 11.6 Å². The highest BCUT2D eigenvalue weighted by Gasteiger charge is 2.37. The molecule has 2 aromatic carbocycles. The molecule has 0 unspecified atom stereocenters. The third kappa shape index (κ3) is 3.73. The highest BCUT2D eigenvalue weighted by molar-refractivity contribution is 5.62. The average Bonchev–Trinajstić information content (AvgIpc) is 3.14. The first kappa shape index (κ1) is 20.2. The molecule has 0 saturated heterocycles. The van der Waals surface area contributed by atoms with E-state index in [2.05, 4.69) is 5.16 Å². The number of aromatic amines is 1. The third-order valence-corrected chi connectivity index (χ3v) is 5.93. The molecule has 1 heterocycles. The second kappa shape index (κ2) is 8.36. The molecule has 5 nitrogen and oxygen atoms in total. The Morgan fingerprint density at radius 1 is 1.07 bits per heavy atom. The van der Waals surface area contributed by atoms with Crippen LogP contribution in [0.5, 0.6) is 0 Å². The van der Waals surface area contributed by atoms with Gasteiger partial charge in [0, 0.05) is 18.4 Å². The lowest BCUT2D eigenvalue weighted by molar-refractivity contribution is -0.113. The second-order valence-corrected chi connectivity index (χ2v) is 7.65. The van der Waals surface area contributed by atoms with Crippen molar-refractivity contribution < 1.29 is 18.1 Å². The van der Waals surface area contributed by atoms with Crippen LogP contribution >= 0.6 is 0 Å². The van der Waals surface area contributed by atoms with E-state index in [9.17, 15) is 18.4 Å². The Morgan fingerprint density at radius 2 is 1.63 bits per heavy atom. The Kier molecular flexibility index (Phi) is 5.63. The van der Waals surface area contributed by atoms with Crippen LogP contribution in [-0.4, -0.2) is 29.4 Å². The summed E-state index contributed by atoms with van der Waals surface area (Å²) < 4.78 is 32.4. The number of hydrogen-bond donors (Lipinski definition) is 1. The molecule has 0 amide bonds. The minimum atomic E-state index is -0.661. The summed E-state index contributed by atoms with van der Waals surface area (Å²) in [7, 11) is 1.80. The Bertz CT molecular complexity index is 1030. The van der Waals surface area contributed by atoms with Crippen molar-refractivity contribution in [1.29, 1.82) is 0 Å². The van der Waals surface area contributed by atoms with Crippen molar-refractivity contribution in [2.24, 2.45) is 0 Å². The van der Waals surface area contributed by atoms with Gasteiger partial charge in [-0.2, -0.15) is 5.16 Å². The van der Waals surface area contributed by atoms with Gasteiger partial charge >= 0.3 is 0 Å². The quantitative estimate of drug-likeness (QED) is 0.623. The lowest BCUT2D eigenvalue weighted by Crippen LogP contribution is -2.43. The van der Waals surface area contributed by atoms with Crippen LogP contribution in [0.3, 0.4) is 0 Å². The first-order chi connectivity index (χ1) is 14.5. The molecule has 1 N–H and O–H groups in total. The molecule has 0 fully saturated rings. The van der Waals surface area contributed by atoms with E-state index in [-0.39, 0.29) is 23.2 Å². The van der Waals surface area contributed by atoms with E-state index in [4.69, 9.17) is 4.52 Å². The van der Waals surface area contributed by atoms with Gasteiger partial charge in [-0.05, 0) is 55.3 Å². The third-order valence-electron chi connectivity index (χ3n) is 5.93. The number of hydrogen-bond acceptors (Lipinski definition) is 4. The standard InChI is InChI=1S/C23H22F2N2O3/c1-27(18-3-2-4-20-22(18)23(29)26-30-20)19(13-28)21(14-5-9-16(24)10-6-14)15-7-11-17(25)12-8-15/h5-13,18-19,21H,2-4H2,1H3,(H,26,29)/t18-,19-/m0/s1. The molecule has 0 bridgehead atoms. The molecule has 7 heteroatoms. The number of rotatable bonds is 6. The van der Waals surface area contributed by atoms with Gasteiger partial charge in [0.15, 0.2) is 0 Å². The summed E-state index contributed by atoms with van der Waals surface area (Å²) in [5.74, 6) is -0.609. The van der Waals surface area contributed by atoms with Gasteiger partial charge in [-0.3, -0.25) is 9.69 Å². The summed E-state index contributed by atoms with van der Waals surface area (Å²) >= 11 is 0. The molecule has 156 valence electrons. The number of nitrogens with zero attached hydrogens (tertiary/aromatic N) is 1. The molecule has 1 aliphatic rings. The van der Waals surface area contributed by atoms with Gasteiger partial charge in [-0.15, -0.1) is 0 Å². The van der Waals surface area contributed by atoms with Crippen LogP contribution in [0.4, 0.5) is 8.78 Å². The van der Waals surface area contributed by atoms with Crippen molar-refractivity contribution in [3.8, 4) is 0 Å². The minimum absolute atomic E-state index is 0.286. The van der Waals surface area contributed by atoms with E-state index >= 15 is 0 Å². The van der Waals surface area contributed by atoms with Gasteiger partial charge in [-0.1, -0.05) is 24.3 Å². The van der Waals surface area contributed by atoms with E-state index < -0.39 is 12.0 Å². The van der Waals surface area contributed by atoms with Crippen LogP contribution in [0.15, 0.2) is 57.8 Å². The highest BCUT2D eigenvalue weighted by atomic mass is 19.1. The van der Waals surface area contributed by atoms with Gasteiger partial charge in [0.2, 0.25) is 0 Å². The zero-order chi connectivity index (χ0) is 21.3. The van der Waals surface area contributed by atoms with Crippen LogP contribution in [0.25, 0.3) is 0 Å². The molecule has 1 aliphatic carbocycles. The lowest BCUT2D eigenvalue weighted by atomic mass is 9.83. The normalized spacial score (nSPS) is 17.2. The number of aryl methyl sites for hydroxylation is 1. The number of fused-ring (bicyclic) bond motifs is 1. The van der Waals surface area contributed by atoms with Gasteiger partial charge in [0.25, 0.3) is 5.56 Å². The number of carbonyl (C=O) groups excluding carboxylic acids is 1. The Morgan fingerprint density at radius 3 is 2.17 bits per heavy atom. The number of aromatic nitrogens is 1. The monoisotopic (exact) mass is 412 g/mol. The van der Waals surface area contributed by atoms with Crippen LogP contribution in [0.2, 0.25) is 0 Å². The van der Waals surface area contributed by atoms with Gasteiger partial charge < -0.3 is 9.32 Å². The maximum atomic E-state index is 13.5. The molecular formula is C23H22F2N2O3. The zero-order valence-corrected chi connectivity index (χ0v) is 16.5. The largest absolute Gasteiger partial charge is 0.383 e. The predicted molar refractivity (Wildman–Crippen MR) is 107 cm³/mol. The molecule has 1 aromatic heterocycles. The zero-order valence-electron chi connectivity index (χ0n) is 16.5. The lowest BCUT2D eigenvalue weighted by Gasteiger charge is -2.37. The van der Waals surface area contributed by atoms with E-state index in [0.29, 0.717) is 24.2 Å². The predicted octanol–water partition coefficient (Wildman–Crippen LogP) is 3.95. The van der Waals surface area contributed by atoms with Crippen molar-refractivity contribution in [3.63, 3.8) is 0 Å². The molecule has 0 saturated carbocycles. The SMILES string of the molecule is CN([C@H]1CCCc2o[nH]c(=O)c21)[C@@H](C=O)C(c1ccc(F)cc1)c1ccc(F)cc1. The first-order valence-electron chi connectivity index (χ1n) is 9.88. The number of aldehydes is 1. The molecular weight excluding hydrogens is 390 g/mol. The van der Waals surface area contributed by atoms with Crippen molar-refractivity contribution in [1.82, 2.24) is 10.1 Å². The van der Waals surface area contributed by atoms with Gasteiger partial charge in [0.1, 0.15) is 23.7 Å². The van der Waals surface area contributed by atoms with Crippen molar-refractivity contribution in [3.05, 3.63) is 93.0 Å². The summed E-state index contributed by atoms with van der Waals surface area (Å²) in [6, 6.07) is 10.9.